The van der Waals surface area contributed by atoms with Gasteiger partial charge in [-0.1, -0.05) is 66.9 Å². The van der Waals surface area contributed by atoms with Gasteiger partial charge in [0.2, 0.25) is 11.8 Å². The molecule has 0 saturated heterocycles. The molecular formula is C30H34ClN3O5S. The van der Waals surface area contributed by atoms with E-state index < -0.39 is 28.5 Å². The number of hydrogen-bond donors (Lipinski definition) is 1. The first-order valence-electron chi connectivity index (χ1n) is 13.3. The van der Waals surface area contributed by atoms with Gasteiger partial charge < -0.3 is 15.0 Å². The fourth-order valence-corrected chi connectivity index (χ4v) is 6.53. The first kappa shape index (κ1) is 29.4. The van der Waals surface area contributed by atoms with E-state index in [4.69, 9.17) is 16.3 Å². The molecule has 1 atom stereocenters. The van der Waals surface area contributed by atoms with E-state index in [-0.39, 0.29) is 34.1 Å². The molecule has 1 aliphatic carbocycles. The van der Waals surface area contributed by atoms with Crippen LogP contribution >= 0.6 is 11.6 Å². The number of hydrogen-bond acceptors (Lipinski definition) is 5. The molecule has 0 aromatic heterocycles. The van der Waals surface area contributed by atoms with Crippen molar-refractivity contribution in [3.8, 4) is 5.75 Å². The van der Waals surface area contributed by atoms with Crippen molar-refractivity contribution in [1.82, 2.24) is 10.2 Å². The van der Waals surface area contributed by atoms with Gasteiger partial charge in [-0.05, 0) is 61.7 Å². The molecule has 10 heteroatoms. The molecule has 0 unspecified atom stereocenters. The second kappa shape index (κ2) is 13.2. The number of sulfonamides is 1. The Morgan fingerprint density at radius 3 is 2.23 bits per heavy atom. The number of nitrogens with zero attached hydrogens (tertiary/aromatic N) is 2. The highest BCUT2D eigenvalue weighted by Gasteiger charge is 2.34. The second-order valence-corrected chi connectivity index (χ2v) is 12.1. The number of methoxy groups -OCH3 is 1. The quantitative estimate of drug-likeness (QED) is 0.342. The molecule has 3 aromatic carbocycles. The van der Waals surface area contributed by atoms with Crippen LogP contribution in [-0.2, 0) is 26.2 Å². The van der Waals surface area contributed by atoms with Gasteiger partial charge in [0.25, 0.3) is 10.0 Å². The molecule has 2 amide bonds. The smallest absolute Gasteiger partial charge is 0.264 e. The van der Waals surface area contributed by atoms with Gasteiger partial charge in [0, 0.05) is 12.6 Å². The summed E-state index contributed by atoms with van der Waals surface area (Å²) in [6.45, 7) is 1.22. The van der Waals surface area contributed by atoms with Gasteiger partial charge in [0.05, 0.1) is 22.7 Å². The fraction of sp³-hybridized carbons (Fsp3) is 0.333. The van der Waals surface area contributed by atoms with Crippen molar-refractivity contribution in [2.45, 2.75) is 56.1 Å². The number of rotatable bonds is 11. The van der Waals surface area contributed by atoms with Crippen molar-refractivity contribution < 1.29 is 22.7 Å². The maximum atomic E-state index is 14.0. The first-order chi connectivity index (χ1) is 19.2. The predicted molar refractivity (Wildman–Crippen MR) is 156 cm³/mol. The van der Waals surface area contributed by atoms with E-state index in [1.54, 1.807) is 68.6 Å². The maximum Gasteiger partial charge on any atom is 0.264 e. The molecule has 1 saturated carbocycles. The monoisotopic (exact) mass is 583 g/mol. The summed E-state index contributed by atoms with van der Waals surface area (Å²) in [6, 6.07) is 20.8. The van der Waals surface area contributed by atoms with Crippen LogP contribution < -0.4 is 14.4 Å². The van der Waals surface area contributed by atoms with Crippen LogP contribution in [-0.4, -0.2) is 50.9 Å². The lowest BCUT2D eigenvalue weighted by molar-refractivity contribution is -0.139. The minimum Gasteiger partial charge on any atom is -0.497 e. The number of halogens is 1. The molecule has 0 spiro atoms. The number of para-hydroxylation sites is 1. The van der Waals surface area contributed by atoms with Crippen molar-refractivity contribution in [1.29, 1.82) is 0 Å². The average molecular weight is 584 g/mol. The molecule has 40 heavy (non-hydrogen) atoms. The van der Waals surface area contributed by atoms with E-state index in [9.17, 15) is 18.0 Å². The average Bonchev–Trinajstić information content (AvgIpc) is 3.48. The van der Waals surface area contributed by atoms with Gasteiger partial charge in [-0.3, -0.25) is 13.9 Å². The Kier molecular flexibility index (Phi) is 9.71. The topological polar surface area (TPSA) is 96.0 Å². The van der Waals surface area contributed by atoms with Crippen LogP contribution in [0.4, 0.5) is 5.69 Å². The number of amides is 2. The van der Waals surface area contributed by atoms with Crippen LogP contribution in [0.15, 0.2) is 83.8 Å². The molecule has 0 bridgehead atoms. The Labute approximate surface area is 240 Å². The summed E-state index contributed by atoms with van der Waals surface area (Å²) in [5.74, 6) is -0.152. The predicted octanol–water partition coefficient (Wildman–Crippen LogP) is 5.02. The molecule has 212 valence electrons. The van der Waals surface area contributed by atoms with E-state index in [2.05, 4.69) is 5.32 Å². The third-order valence-corrected chi connectivity index (χ3v) is 9.21. The lowest BCUT2D eigenvalue weighted by Crippen LogP contribution is -2.52. The van der Waals surface area contributed by atoms with Gasteiger partial charge in [-0.15, -0.1) is 0 Å². The molecular weight excluding hydrogens is 550 g/mol. The Morgan fingerprint density at radius 2 is 1.60 bits per heavy atom. The summed E-state index contributed by atoms with van der Waals surface area (Å²) in [5.41, 5.74) is 0.943. The third-order valence-electron chi connectivity index (χ3n) is 7.11. The van der Waals surface area contributed by atoms with Crippen molar-refractivity contribution in [2.75, 3.05) is 18.0 Å². The van der Waals surface area contributed by atoms with Crippen molar-refractivity contribution >= 4 is 39.1 Å². The van der Waals surface area contributed by atoms with E-state index >= 15 is 0 Å². The highest BCUT2D eigenvalue weighted by Crippen LogP contribution is 2.31. The number of carbonyl (C=O) groups excluding carboxylic acids is 2. The maximum absolute atomic E-state index is 14.0. The van der Waals surface area contributed by atoms with E-state index in [1.165, 1.54) is 17.0 Å². The Bertz CT molecular complexity index is 1410. The summed E-state index contributed by atoms with van der Waals surface area (Å²) in [5, 5.41) is 3.25. The molecule has 4 rings (SSSR count). The van der Waals surface area contributed by atoms with Crippen LogP contribution in [0.2, 0.25) is 5.02 Å². The fourth-order valence-electron chi connectivity index (χ4n) is 4.79. The largest absolute Gasteiger partial charge is 0.497 e. The number of nitrogens with one attached hydrogen (secondary N) is 1. The van der Waals surface area contributed by atoms with Crippen molar-refractivity contribution in [3.63, 3.8) is 0 Å². The molecule has 0 heterocycles. The molecule has 8 nitrogen and oxygen atoms in total. The Morgan fingerprint density at radius 1 is 0.975 bits per heavy atom. The second-order valence-electron chi connectivity index (χ2n) is 9.81. The van der Waals surface area contributed by atoms with Gasteiger partial charge in [-0.2, -0.15) is 0 Å². The lowest BCUT2D eigenvalue weighted by atomic mass is 10.1. The molecule has 0 aliphatic heterocycles. The number of carbonyl (C=O) groups is 2. The normalized spacial score (nSPS) is 14.4. The summed E-state index contributed by atoms with van der Waals surface area (Å²) < 4.78 is 33.9. The van der Waals surface area contributed by atoms with Crippen LogP contribution in [0, 0.1) is 0 Å². The van der Waals surface area contributed by atoms with E-state index in [0.717, 1.165) is 35.6 Å². The molecule has 0 radical (unpaired) electrons. The van der Waals surface area contributed by atoms with Gasteiger partial charge >= 0.3 is 0 Å². The standard InChI is InChI=1S/C30H34ClN3O5S/c1-22(30(36)32-24-10-6-7-11-24)33(20-23-16-18-25(39-2)19-17-23)29(35)21-34(28-15-9-8-14-27(28)31)40(37,38)26-12-4-3-5-13-26/h3-5,8-9,12-19,22,24H,6-7,10-11,20-21H2,1-2H3,(H,32,36)/t22-/m1/s1. The zero-order valence-corrected chi connectivity index (χ0v) is 24.2. The SMILES string of the molecule is COc1ccc(CN(C(=O)CN(c2ccccc2Cl)S(=O)(=O)c2ccccc2)[C@H](C)C(=O)NC2CCCC2)cc1. The zero-order valence-electron chi connectivity index (χ0n) is 22.6. The minimum absolute atomic E-state index is 0.0245. The van der Waals surface area contributed by atoms with Crippen LogP contribution in [0.25, 0.3) is 0 Å². The number of benzene rings is 3. The summed E-state index contributed by atoms with van der Waals surface area (Å²) in [4.78, 5) is 28.7. The van der Waals surface area contributed by atoms with E-state index in [1.807, 2.05) is 12.1 Å². The highest BCUT2D eigenvalue weighted by atomic mass is 35.5. The molecule has 1 fully saturated rings. The Balaban J connectivity index is 1.68. The van der Waals surface area contributed by atoms with Gasteiger partial charge in [0.1, 0.15) is 18.3 Å². The molecule has 3 aromatic rings. The van der Waals surface area contributed by atoms with Crippen molar-refractivity contribution in [3.05, 3.63) is 89.4 Å². The summed E-state index contributed by atoms with van der Waals surface area (Å²) in [7, 11) is -2.60. The minimum atomic E-state index is -4.17. The molecule has 1 N–H and O–H groups in total. The van der Waals surface area contributed by atoms with Crippen molar-refractivity contribution in [2.24, 2.45) is 0 Å². The third kappa shape index (κ3) is 6.95. The van der Waals surface area contributed by atoms with E-state index in [0.29, 0.717) is 5.75 Å². The number of ether oxygens (including phenoxy) is 1. The summed E-state index contributed by atoms with van der Waals surface area (Å²) in [6.07, 6.45) is 3.91. The first-order valence-corrected chi connectivity index (χ1v) is 15.1. The van der Waals surface area contributed by atoms with Gasteiger partial charge in [-0.25, -0.2) is 8.42 Å². The summed E-state index contributed by atoms with van der Waals surface area (Å²) >= 11 is 6.43. The van der Waals surface area contributed by atoms with Crippen LogP contribution in [0.1, 0.15) is 38.2 Å². The Hall–Kier alpha value is -3.56. The highest BCUT2D eigenvalue weighted by molar-refractivity contribution is 7.92. The zero-order chi connectivity index (χ0) is 28.7. The van der Waals surface area contributed by atoms with Crippen LogP contribution in [0.5, 0.6) is 5.75 Å². The van der Waals surface area contributed by atoms with Crippen LogP contribution in [0.3, 0.4) is 0 Å². The van der Waals surface area contributed by atoms with Gasteiger partial charge in [0.15, 0.2) is 0 Å². The number of anilines is 1. The lowest BCUT2D eigenvalue weighted by Gasteiger charge is -2.32. The molecule has 1 aliphatic rings.